The van der Waals surface area contributed by atoms with Crippen molar-refractivity contribution >= 4 is 91.3 Å². The summed E-state index contributed by atoms with van der Waals surface area (Å²) in [6.07, 6.45) is 0. The Morgan fingerprint density at radius 1 is 0.923 bits per heavy atom. The third-order valence-electron chi connectivity index (χ3n) is 3.30. The van der Waals surface area contributed by atoms with Crippen molar-refractivity contribution in [2.45, 2.75) is 0 Å². The summed E-state index contributed by atoms with van der Waals surface area (Å²) < 4.78 is 0.686. The predicted molar refractivity (Wildman–Crippen MR) is 122 cm³/mol. The van der Waals surface area contributed by atoms with Crippen molar-refractivity contribution in [2.75, 3.05) is 37.6 Å². The van der Waals surface area contributed by atoms with Gasteiger partial charge in [0, 0.05) is 29.7 Å². The van der Waals surface area contributed by atoms with Crippen molar-refractivity contribution in [1.29, 1.82) is 0 Å². The summed E-state index contributed by atoms with van der Waals surface area (Å²) in [7, 11) is 0. The number of carboxylic acid groups (broad SMARTS) is 2. The zero-order valence-electron chi connectivity index (χ0n) is 13.4. The molecule has 0 aliphatic heterocycles. The number of benzene rings is 1. The lowest BCUT2D eigenvalue weighted by molar-refractivity contribution is -0.117. The van der Waals surface area contributed by atoms with Crippen LogP contribution in [0, 0.1) is 10.7 Å². The van der Waals surface area contributed by atoms with E-state index in [4.69, 9.17) is 11.5 Å². The molecule has 0 fully saturated rings. The monoisotopic (exact) mass is 702 g/mol. The molecule has 0 aliphatic rings. The van der Waals surface area contributed by atoms with Crippen molar-refractivity contribution in [3.63, 3.8) is 0 Å². The van der Waals surface area contributed by atoms with Gasteiger partial charge in [-0.15, -0.1) is 0 Å². The Kier molecular flexibility index (Phi) is 9.94. The average molecular weight is 702 g/mol. The SMILES string of the molecule is NCCNCCN(C(=O)CN)c1c(I)c(C(=O)O)c(I)c(C(=O)O)c1I. The highest BCUT2D eigenvalue weighted by atomic mass is 127. The highest BCUT2D eigenvalue weighted by Gasteiger charge is 2.31. The van der Waals surface area contributed by atoms with E-state index in [0.29, 0.717) is 19.6 Å². The van der Waals surface area contributed by atoms with Gasteiger partial charge >= 0.3 is 11.9 Å². The number of carbonyl (C=O) groups is 3. The molecule has 1 rings (SSSR count). The smallest absolute Gasteiger partial charge is 0.337 e. The van der Waals surface area contributed by atoms with Crippen LogP contribution in [0.3, 0.4) is 0 Å². The minimum atomic E-state index is -1.26. The Bertz CT molecular complexity index is 688. The van der Waals surface area contributed by atoms with Gasteiger partial charge in [0.15, 0.2) is 0 Å². The first-order chi connectivity index (χ1) is 12.2. The number of hydrogen-bond acceptors (Lipinski definition) is 6. The van der Waals surface area contributed by atoms with Crippen molar-refractivity contribution in [3.8, 4) is 0 Å². The molecule has 0 aromatic heterocycles. The minimum Gasteiger partial charge on any atom is -0.478 e. The van der Waals surface area contributed by atoms with Gasteiger partial charge in [-0.1, -0.05) is 0 Å². The molecule has 0 saturated carbocycles. The Labute approximate surface area is 190 Å². The number of anilines is 1. The number of aromatic carboxylic acids is 2. The van der Waals surface area contributed by atoms with E-state index in [2.05, 4.69) is 5.32 Å². The number of halogens is 3. The third-order valence-corrected chi connectivity index (χ3v) is 6.48. The summed E-state index contributed by atoms with van der Waals surface area (Å²) in [5.74, 6) is -2.97. The van der Waals surface area contributed by atoms with Gasteiger partial charge in [-0.25, -0.2) is 9.59 Å². The molecular formula is C14H17I3N4O5. The molecule has 0 heterocycles. The van der Waals surface area contributed by atoms with Crippen LogP contribution in [0.5, 0.6) is 0 Å². The third kappa shape index (κ3) is 5.37. The largest absolute Gasteiger partial charge is 0.478 e. The van der Waals surface area contributed by atoms with Gasteiger partial charge in [-0.3, -0.25) is 4.79 Å². The quantitative estimate of drug-likeness (QED) is 0.186. The number of amides is 1. The van der Waals surface area contributed by atoms with Crippen LogP contribution in [-0.2, 0) is 4.79 Å². The van der Waals surface area contributed by atoms with Gasteiger partial charge in [0.05, 0.1) is 30.5 Å². The molecule has 0 saturated heterocycles. The highest BCUT2D eigenvalue weighted by Crippen LogP contribution is 2.37. The van der Waals surface area contributed by atoms with E-state index in [1.165, 1.54) is 4.90 Å². The average Bonchev–Trinajstić information content (AvgIpc) is 2.55. The maximum atomic E-state index is 12.4. The molecule has 26 heavy (non-hydrogen) atoms. The van der Waals surface area contributed by atoms with Gasteiger partial charge in [0.2, 0.25) is 5.91 Å². The Balaban J connectivity index is 3.61. The molecule has 0 radical (unpaired) electrons. The molecule has 0 atom stereocenters. The standard InChI is InChI=1S/C14H17I3N4O5/c15-9-7(13(23)24)10(16)12(11(17)8(9)14(25)26)21(6(22)5-19)4-3-20-2-1-18/h20H,1-5,18-19H2,(H,23,24)(H,25,26). The molecule has 0 aliphatic carbocycles. The zero-order chi connectivity index (χ0) is 20.0. The number of nitrogens with two attached hydrogens (primary N) is 2. The van der Waals surface area contributed by atoms with Crippen molar-refractivity contribution in [1.82, 2.24) is 5.32 Å². The van der Waals surface area contributed by atoms with E-state index < -0.39 is 17.8 Å². The van der Waals surface area contributed by atoms with Crippen molar-refractivity contribution < 1.29 is 24.6 Å². The lowest BCUT2D eigenvalue weighted by Gasteiger charge is -2.27. The number of nitrogens with one attached hydrogen (secondary N) is 1. The van der Waals surface area contributed by atoms with Crippen molar-refractivity contribution in [2.24, 2.45) is 11.5 Å². The molecule has 1 aromatic carbocycles. The Morgan fingerprint density at radius 3 is 1.81 bits per heavy atom. The van der Waals surface area contributed by atoms with Gasteiger partial charge in [-0.05, 0) is 67.8 Å². The van der Waals surface area contributed by atoms with Gasteiger partial charge in [0.1, 0.15) is 0 Å². The van der Waals surface area contributed by atoms with E-state index in [1.54, 1.807) is 22.6 Å². The molecular weight excluding hydrogens is 685 g/mol. The minimum absolute atomic E-state index is 0.113. The molecule has 144 valence electrons. The van der Waals surface area contributed by atoms with E-state index in [9.17, 15) is 24.6 Å². The van der Waals surface area contributed by atoms with Crippen LogP contribution in [0.2, 0.25) is 0 Å². The normalized spacial score (nSPS) is 10.7. The van der Waals surface area contributed by atoms with Gasteiger partial charge < -0.3 is 31.9 Å². The summed E-state index contributed by atoms with van der Waals surface area (Å²) in [4.78, 5) is 37.1. The van der Waals surface area contributed by atoms with E-state index >= 15 is 0 Å². The molecule has 12 heteroatoms. The van der Waals surface area contributed by atoms with E-state index in [1.807, 2.05) is 45.2 Å². The van der Waals surface area contributed by atoms with Crippen LogP contribution < -0.4 is 21.7 Å². The first kappa shape index (κ1) is 23.7. The highest BCUT2D eigenvalue weighted by molar-refractivity contribution is 14.1. The van der Waals surface area contributed by atoms with Crippen LogP contribution in [-0.4, -0.2) is 60.8 Å². The van der Waals surface area contributed by atoms with Crippen LogP contribution in [0.25, 0.3) is 0 Å². The maximum absolute atomic E-state index is 12.4. The molecule has 0 unspecified atom stereocenters. The fourth-order valence-electron chi connectivity index (χ4n) is 2.15. The fraction of sp³-hybridized carbons (Fsp3) is 0.357. The van der Waals surface area contributed by atoms with Crippen LogP contribution >= 0.6 is 67.8 Å². The Hall–Kier alpha value is -0.300. The number of nitrogens with zero attached hydrogens (tertiary/aromatic N) is 1. The molecule has 9 nitrogen and oxygen atoms in total. The number of hydrogen-bond donors (Lipinski definition) is 5. The van der Waals surface area contributed by atoms with Gasteiger partial charge in [-0.2, -0.15) is 0 Å². The summed E-state index contributed by atoms with van der Waals surface area (Å²) >= 11 is 5.35. The van der Waals surface area contributed by atoms with Crippen LogP contribution in [0.1, 0.15) is 20.7 Å². The topological polar surface area (TPSA) is 159 Å². The molecule has 1 aromatic rings. The Morgan fingerprint density at radius 2 is 1.42 bits per heavy atom. The number of rotatable bonds is 9. The second-order valence-corrected chi connectivity index (χ2v) is 8.18. The molecule has 0 spiro atoms. The second kappa shape index (κ2) is 10.9. The molecule has 0 bridgehead atoms. The summed E-state index contributed by atoms with van der Waals surface area (Å²) in [5.41, 5.74) is 10.9. The van der Waals surface area contributed by atoms with Crippen LogP contribution in [0.4, 0.5) is 5.69 Å². The lowest BCUT2D eigenvalue weighted by atomic mass is 10.1. The second-order valence-electron chi connectivity index (χ2n) is 4.94. The zero-order valence-corrected chi connectivity index (χ0v) is 19.9. The molecule has 1 amide bonds. The predicted octanol–water partition coefficient (Wildman–Crippen LogP) is 0.737. The first-order valence-corrected chi connectivity index (χ1v) is 10.5. The number of carbonyl (C=O) groups excluding carboxylic acids is 1. The number of carboxylic acids is 2. The van der Waals surface area contributed by atoms with Crippen LogP contribution in [0.15, 0.2) is 0 Å². The summed E-state index contributed by atoms with van der Waals surface area (Å²) in [6, 6.07) is 0. The fourth-order valence-corrected chi connectivity index (χ4v) is 6.82. The first-order valence-electron chi connectivity index (χ1n) is 7.27. The summed E-state index contributed by atoms with van der Waals surface area (Å²) in [5, 5.41) is 22.1. The van der Waals surface area contributed by atoms with E-state index in [-0.39, 0.29) is 40.6 Å². The van der Waals surface area contributed by atoms with Crippen molar-refractivity contribution in [3.05, 3.63) is 21.8 Å². The lowest BCUT2D eigenvalue weighted by Crippen LogP contribution is -2.42. The summed E-state index contributed by atoms with van der Waals surface area (Å²) in [6.45, 7) is 1.27. The van der Waals surface area contributed by atoms with E-state index in [0.717, 1.165) is 0 Å². The molecule has 7 N–H and O–H groups in total. The van der Waals surface area contributed by atoms with Gasteiger partial charge in [0.25, 0.3) is 0 Å². The maximum Gasteiger partial charge on any atom is 0.337 e.